The highest BCUT2D eigenvalue weighted by Crippen LogP contribution is 2.43. The molecule has 4 nitrogen and oxygen atoms in total. The van der Waals surface area contributed by atoms with Crippen molar-refractivity contribution in [3.05, 3.63) is 23.8 Å². The summed E-state index contributed by atoms with van der Waals surface area (Å²) in [6, 6.07) is 5.57. The first-order chi connectivity index (χ1) is 10.2. The van der Waals surface area contributed by atoms with Gasteiger partial charge in [0, 0.05) is 6.61 Å². The second kappa shape index (κ2) is 7.14. The second-order valence-electron chi connectivity index (χ2n) is 5.58. The molecule has 1 aromatic carbocycles. The van der Waals surface area contributed by atoms with Gasteiger partial charge in [-0.2, -0.15) is 0 Å². The molecule has 1 aromatic rings. The van der Waals surface area contributed by atoms with Gasteiger partial charge in [-0.3, -0.25) is 0 Å². The predicted octanol–water partition coefficient (Wildman–Crippen LogP) is 3.48. The normalized spacial score (nSPS) is 19.0. The van der Waals surface area contributed by atoms with Crippen LogP contribution in [0.1, 0.15) is 50.7 Å². The SMILES string of the molecule is CCOC1(C(O)c2ccc(OC)c(OC)c2)CCCCC1. The first kappa shape index (κ1) is 16.1. The molecule has 1 saturated carbocycles. The van der Waals surface area contributed by atoms with Gasteiger partial charge in [-0.25, -0.2) is 0 Å². The van der Waals surface area contributed by atoms with Gasteiger partial charge in [0.1, 0.15) is 6.10 Å². The quantitative estimate of drug-likeness (QED) is 0.872. The van der Waals surface area contributed by atoms with Crippen molar-refractivity contribution < 1.29 is 19.3 Å². The Morgan fingerprint density at radius 3 is 2.33 bits per heavy atom. The van der Waals surface area contributed by atoms with E-state index in [2.05, 4.69) is 0 Å². The van der Waals surface area contributed by atoms with Crippen molar-refractivity contribution in [1.82, 2.24) is 0 Å². The Labute approximate surface area is 127 Å². The highest BCUT2D eigenvalue weighted by molar-refractivity contribution is 5.44. The smallest absolute Gasteiger partial charge is 0.161 e. The summed E-state index contributed by atoms with van der Waals surface area (Å²) >= 11 is 0. The lowest BCUT2D eigenvalue weighted by atomic mass is 9.78. The van der Waals surface area contributed by atoms with Crippen LogP contribution in [-0.2, 0) is 4.74 Å². The van der Waals surface area contributed by atoms with Crippen LogP contribution in [0.2, 0.25) is 0 Å². The van der Waals surface area contributed by atoms with Crippen molar-refractivity contribution in [3.8, 4) is 11.5 Å². The van der Waals surface area contributed by atoms with Gasteiger partial charge in [-0.05, 0) is 37.5 Å². The molecule has 0 amide bonds. The van der Waals surface area contributed by atoms with E-state index >= 15 is 0 Å². The lowest BCUT2D eigenvalue weighted by Gasteiger charge is -2.41. The van der Waals surface area contributed by atoms with Gasteiger partial charge in [0.2, 0.25) is 0 Å². The van der Waals surface area contributed by atoms with Crippen molar-refractivity contribution in [2.75, 3.05) is 20.8 Å². The average molecular weight is 294 g/mol. The fourth-order valence-corrected chi connectivity index (χ4v) is 3.26. The van der Waals surface area contributed by atoms with E-state index in [0.29, 0.717) is 18.1 Å². The fourth-order valence-electron chi connectivity index (χ4n) is 3.26. The lowest BCUT2D eigenvalue weighted by molar-refractivity contribution is -0.141. The number of ether oxygens (including phenoxy) is 3. The molecule has 0 spiro atoms. The molecule has 118 valence electrons. The van der Waals surface area contributed by atoms with Gasteiger partial charge in [0.25, 0.3) is 0 Å². The summed E-state index contributed by atoms with van der Waals surface area (Å²) in [5.74, 6) is 1.30. The van der Waals surface area contributed by atoms with Crippen molar-refractivity contribution in [2.45, 2.75) is 50.7 Å². The summed E-state index contributed by atoms with van der Waals surface area (Å²) in [4.78, 5) is 0. The molecule has 0 radical (unpaired) electrons. The van der Waals surface area contributed by atoms with E-state index in [1.54, 1.807) is 14.2 Å². The van der Waals surface area contributed by atoms with Crippen molar-refractivity contribution in [1.29, 1.82) is 0 Å². The molecule has 21 heavy (non-hydrogen) atoms. The Hall–Kier alpha value is -1.26. The third-order valence-corrected chi connectivity index (χ3v) is 4.35. The first-order valence-corrected chi connectivity index (χ1v) is 7.71. The molecular weight excluding hydrogens is 268 g/mol. The Morgan fingerprint density at radius 1 is 1.10 bits per heavy atom. The summed E-state index contributed by atoms with van der Waals surface area (Å²) < 4.78 is 16.6. The van der Waals surface area contributed by atoms with Gasteiger partial charge in [0.15, 0.2) is 11.5 Å². The van der Waals surface area contributed by atoms with Crippen LogP contribution < -0.4 is 9.47 Å². The van der Waals surface area contributed by atoms with Crippen LogP contribution in [0.3, 0.4) is 0 Å². The van der Waals surface area contributed by atoms with Crippen LogP contribution in [-0.4, -0.2) is 31.5 Å². The maximum absolute atomic E-state index is 10.9. The van der Waals surface area contributed by atoms with Crippen LogP contribution in [0, 0.1) is 0 Å². The summed E-state index contributed by atoms with van der Waals surface area (Å²) in [5, 5.41) is 10.9. The molecule has 1 aliphatic carbocycles. The molecule has 0 aliphatic heterocycles. The minimum absolute atomic E-state index is 0.466. The third kappa shape index (κ3) is 3.33. The molecular formula is C17H26O4. The number of benzene rings is 1. The summed E-state index contributed by atoms with van der Waals surface area (Å²) in [6.45, 7) is 2.60. The molecule has 2 rings (SSSR count). The molecule has 0 saturated heterocycles. The zero-order valence-electron chi connectivity index (χ0n) is 13.2. The van der Waals surface area contributed by atoms with Crippen molar-refractivity contribution in [3.63, 3.8) is 0 Å². The molecule has 1 fully saturated rings. The number of aliphatic hydroxyl groups excluding tert-OH is 1. The topological polar surface area (TPSA) is 47.9 Å². The number of hydrogen-bond acceptors (Lipinski definition) is 4. The second-order valence-corrected chi connectivity index (χ2v) is 5.58. The standard InChI is InChI=1S/C17H26O4/c1-4-21-17(10-6-5-7-11-17)16(18)13-8-9-14(19-2)15(12-13)20-3/h8-9,12,16,18H,4-7,10-11H2,1-3H3. The van der Waals surface area contributed by atoms with Crippen LogP contribution >= 0.6 is 0 Å². The highest BCUT2D eigenvalue weighted by atomic mass is 16.5. The zero-order chi connectivity index (χ0) is 15.3. The average Bonchev–Trinajstić information content (AvgIpc) is 2.54. The maximum Gasteiger partial charge on any atom is 0.161 e. The molecule has 0 bridgehead atoms. The van der Waals surface area contributed by atoms with Crippen LogP contribution in [0.5, 0.6) is 11.5 Å². The highest BCUT2D eigenvalue weighted by Gasteiger charge is 2.40. The van der Waals surface area contributed by atoms with Gasteiger partial charge in [0.05, 0.1) is 19.8 Å². The van der Waals surface area contributed by atoms with E-state index < -0.39 is 11.7 Å². The molecule has 1 unspecified atom stereocenters. The van der Waals surface area contributed by atoms with Crippen molar-refractivity contribution >= 4 is 0 Å². The summed E-state index contributed by atoms with van der Waals surface area (Å²) in [5.41, 5.74) is 0.357. The van der Waals surface area contributed by atoms with Gasteiger partial charge < -0.3 is 19.3 Å². The number of hydrogen-bond donors (Lipinski definition) is 1. The fraction of sp³-hybridized carbons (Fsp3) is 0.647. The molecule has 0 aromatic heterocycles. The molecule has 0 heterocycles. The van der Waals surface area contributed by atoms with Crippen molar-refractivity contribution in [2.24, 2.45) is 0 Å². The molecule has 1 atom stereocenters. The number of rotatable bonds is 6. The Kier molecular flexibility index (Phi) is 5.48. The Morgan fingerprint density at radius 2 is 1.76 bits per heavy atom. The summed E-state index contributed by atoms with van der Waals surface area (Å²) in [6.07, 6.45) is 4.58. The molecule has 1 aliphatic rings. The van der Waals surface area contributed by atoms with Gasteiger partial charge >= 0.3 is 0 Å². The van der Waals surface area contributed by atoms with Crippen LogP contribution in [0.15, 0.2) is 18.2 Å². The minimum atomic E-state index is -0.641. The van der Waals surface area contributed by atoms with E-state index in [1.807, 2.05) is 25.1 Å². The zero-order valence-corrected chi connectivity index (χ0v) is 13.2. The first-order valence-electron chi connectivity index (χ1n) is 7.71. The van der Waals surface area contributed by atoms with Gasteiger partial charge in [-0.1, -0.05) is 25.3 Å². The van der Waals surface area contributed by atoms with Crippen LogP contribution in [0.4, 0.5) is 0 Å². The summed E-state index contributed by atoms with van der Waals surface area (Å²) in [7, 11) is 3.21. The van der Waals surface area contributed by atoms with E-state index in [0.717, 1.165) is 31.2 Å². The number of aliphatic hydroxyl groups is 1. The van der Waals surface area contributed by atoms with E-state index in [1.165, 1.54) is 6.42 Å². The largest absolute Gasteiger partial charge is 0.493 e. The Balaban J connectivity index is 2.29. The maximum atomic E-state index is 10.9. The molecule has 4 heteroatoms. The van der Waals surface area contributed by atoms with Crippen LogP contribution in [0.25, 0.3) is 0 Å². The molecule has 1 N–H and O–H groups in total. The van der Waals surface area contributed by atoms with E-state index in [4.69, 9.17) is 14.2 Å². The Bertz CT molecular complexity index is 447. The predicted molar refractivity (Wildman–Crippen MR) is 81.9 cm³/mol. The number of methoxy groups -OCH3 is 2. The lowest BCUT2D eigenvalue weighted by Crippen LogP contribution is -2.41. The minimum Gasteiger partial charge on any atom is -0.493 e. The van der Waals surface area contributed by atoms with Gasteiger partial charge in [-0.15, -0.1) is 0 Å². The van der Waals surface area contributed by atoms with E-state index in [9.17, 15) is 5.11 Å². The van der Waals surface area contributed by atoms with E-state index in [-0.39, 0.29) is 0 Å². The third-order valence-electron chi connectivity index (χ3n) is 4.35. The monoisotopic (exact) mass is 294 g/mol.